The van der Waals surface area contributed by atoms with Gasteiger partial charge in [0.25, 0.3) is 0 Å². The Kier molecular flexibility index (Phi) is 8.87. The molecule has 1 amide bonds. The molecule has 5 nitrogen and oxygen atoms in total. The van der Waals surface area contributed by atoms with Gasteiger partial charge in [-0.2, -0.15) is 0 Å². The molecule has 0 saturated carbocycles. The molecule has 0 radical (unpaired) electrons. The van der Waals surface area contributed by atoms with Crippen LogP contribution in [-0.2, 0) is 9.53 Å². The number of carbonyl (C=O) groups excluding carboxylic acids is 2. The van der Waals surface area contributed by atoms with Crippen molar-refractivity contribution in [2.75, 3.05) is 31.6 Å². The molecule has 1 saturated heterocycles. The van der Waals surface area contributed by atoms with Crippen LogP contribution in [0.4, 0.5) is 5.00 Å². The van der Waals surface area contributed by atoms with Gasteiger partial charge in [-0.3, -0.25) is 9.69 Å². The van der Waals surface area contributed by atoms with Crippen molar-refractivity contribution in [2.24, 2.45) is 0 Å². The molecule has 2 rings (SSSR count). The molecule has 1 aliphatic heterocycles. The van der Waals surface area contributed by atoms with Gasteiger partial charge in [-0.25, -0.2) is 4.79 Å². The minimum Gasteiger partial charge on any atom is -0.462 e. The SMILES string of the molecule is CC.CCOC(=O)c1c(C)csc1NC(=O)CN1CCCCC1. The zero-order valence-corrected chi connectivity index (χ0v) is 15.4. The van der Waals surface area contributed by atoms with Crippen LogP contribution in [0.15, 0.2) is 5.38 Å². The third-order valence-corrected chi connectivity index (χ3v) is 4.54. The minimum atomic E-state index is -0.371. The molecule has 1 fully saturated rings. The number of nitrogens with one attached hydrogen (secondary N) is 1. The van der Waals surface area contributed by atoms with Crippen molar-refractivity contribution in [1.82, 2.24) is 4.90 Å². The van der Waals surface area contributed by atoms with E-state index < -0.39 is 0 Å². The average molecular weight is 340 g/mol. The highest BCUT2D eigenvalue weighted by Gasteiger charge is 2.20. The van der Waals surface area contributed by atoms with Crippen LogP contribution in [0.1, 0.15) is 56.0 Å². The van der Waals surface area contributed by atoms with Crippen LogP contribution in [0.3, 0.4) is 0 Å². The number of amides is 1. The van der Waals surface area contributed by atoms with E-state index in [2.05, 4.69) is 10.2 Å². The predicted octanol–water partition coefficient (Wildman–Crippen LogP) is 3.68. The fourth-order valence-electron chi connectivity index (χ4n) is 2.48. The van der Waals surface area contributed by atoms with Gasteiger partial charge in [-0.15, -0.1) is 11.3 Å². The van der Waals surface area contributed by atoms with E-state index in [-0.39, 0.29) is 11.9 Å². The molecule has 2 heterocycles. The van der Waals surface area contributed by atoms with E-state index >= 15 is 0 Å². The van der Waals surface area contributed by atoms with E-state index in [9.17, 15) is 9.59 Å². The number of nitrogens with zero attached hydrogens (tertiary/aromatic N) is 1. The van der Waals surface area contributed by atoms with Gasteiger partial charge in [0.2, 0.25) is 5.91 Å². The molecule has 0 atom stereocenters. The number of carbonyl (C=O) groups is 2. The van der Waals surface area contributed by atoms with Gasteiger partial charge in [0.15, 0.2) is 0 Å². The lowest BCUT2D eigenvalue weighted by Crippen LogP contribution is -2.36. The van der Waals surface area contributed by atoms with Gasteiger partial charge in [-0.1, -0.05) is 20.3 Å². The summed E-state index contributed by atoms with van der Waals surface area (Å²) >= 11 is 1.37. The van der Waals surface area contributed by atoms with E-state index in [0.717, 1.165) is 31.5 Å². The molecule has 0 unspecified atom stereocenters. The van der Waals surface area contributed by atoms with Gasteiger partial charge in [0.1, 0.15) is 5.00 Å². The summed E-state index contributed by atoms with van der Waals surface area (Å²) in [5.41, 5.74) is 1.32. The first-order valence-corrected chi connectivity index (χ1v) is 9.27. The summed E-state index contributed by atoms with van der Waals surface area (Å²) in [5.74, 6) is -0.436. The lowest BCUT2D eigenvalue weighted by Gasteiger charge is -2.25. The number of likely N-dealkylation sites (tertiary alicyclic amines) is 1. The summed E-state index contributed by atoms with van der Waals surface area (Å²) in [6, 6.07) is 0. The molecule has 6 heteroatoms. The first kappa shape index (κ1) is 19.6. The number of rotatable bonds is 5. The first-order valence-electron chi connectivity index (χ1n) is 8.39. The highest BCUT2D eigenvalue weighted by atomic mass is 32.1. The number of thiophene rings is 1. The lowest BCUT2D eigenvalue weighted by atomic mass is 10.1. The van der Waals surface area contributed by atoms with E-state index in [1.54, 1.807) is 6.92 Å². The van der Waals surface area contributed by atoms with E-state index in [1.165, 1.54) is 17.8 Å². The van der Waals surface area contributed by atoms with Crippen molar-refractivity contribution >= 4 is 28.2 Å². The Hall–Kier alpha value is -1.40. The lowest BCUT2D eigenvalue weighted by molar-refractivity contribution is -0.117. The van der Waals surface area contributed by atoms with Crippen LogP contribution in [0, 0.1) is 6.92 Å². The van der Waals surface area contributed by atoms with Gasteiger partial charge >= 0.3 is 5.97 Å². The second-order valence-corrected chi connectivity index (χ2v) is 6.11. The highest BCUT2D eigenvalue weighted by Crippen LogP contribution is 2.28. The number of hydrogen-bond acceptors (Lipinski definition) is 5. The first-order chi connectivity index (χ1) is 11.1. The van der Waals surface area contributed by atoms with Crippen LogP contribution in [-0.4, -0.2) is 43.0 Å². The normalized spacial score (nSPS) is 14.6. The zero-order valence-electron chi connectivity index (χ0n) is 14.6. The largest absolute Gasteiger partial charge is 0.462 e. The number of aryl methyl sites for hydroxylation is 1. The maximum atomic E-state index is 12.1. The number of ether oxygens (including phenoxy) is 1. The van der Waals surface area contributed by atoms with Crippen molar-refractivity contribution in [3.05, 3.63) is 16.5 Å². The van der Waals surface area contributed by atoms with E-state index in [4.69, 9.17) is 4.74 Å². The van der Waals surface area contributed by atoms with Crippen molar-refractivity contribution in [1.29, 1.82) is 0 Å². The molecule has 0 aromatic carbocycles. The molecular formula is C17H28N2O3S. The molecule has 1 N–H and O–H groups in total. The smallest absolute Gasteiger partial charge is 0.341 e. The molecule has 1 aliphatic rings. The van der Waals surface area contributed by atoms with Gasteiger partial charge < -0.3 is 10.1 Å². The number of esters is 1. The average Bonchev–Trinajstić information content (AvgIpc) is 2.91. The Bertz CT molecular complexity index is 508. The third-order valence-electron chi connectivity index (χ3n) is 3.52. The summed E-state index contributed by atoms with van der Waals surface area (Å²) in [6.45, 7) is 10.3. The Balaban J connectivity index is 0.00000127. The maximum absolute atomic E-state index is 12.1. The maximum Gasteiger partial charge on any atom is 0.341 e. The summed E-state index contributed by atoms with van der Waals surface area (Å²) in [6.07, 6.45) is 3.55. The van der Waals surface area contributed by atoms with Crippen molar-refractivity contribution < 1.29 is 14.3 Å². The molecule has 1 aromatic heterocycles. The standard InChI is InChI=1S/C15H22N2O3S.C2H6/c1-3-20-15(19)13-11(2)10-21-14(13)16-12(18)9-17-7-5-4-6-8-17;1-2/h10H,3-9H2,1-2H3,(H,16,18);1-2H3. The van der Waals surface area contributed by atoms with Crippen molar-refractivity contribution in [3.8, 4) is 0 Å². The quantitative estimate of drug-likeness (QED) is 0.831. The summed E-state index contributed by atoms with van der Waals surface area (Å²) in [4.78, 5) is 26.2. The number of hydrogen-bond donors (Lipinski definition) is 1. The summed E-state index contributed by atoms with van der Waals surface area (Å²) < 4.78 is 5.05. The Morgan fingerprint density at radius 3 is 2.52 bits per heavy atom. The second kappa shape index (κ2) is 10.4. The predicted molar refractivity (Wildman–Crippen MR) is 95.3 cm³/mol. The molecular weight excluding hydrogens is 312 g/mol. The highest BCUT2D eigenvalue weighted by molar-refractivity contribution is 7.15. The number of piperidine rings is 1. The Labute approximate surface area is 143 Å². The monoisotopic (exact) mass is 340 g/mol. The third kappa shape index (κ3) is 5.95. The van der Waals surface area contributed by atoms with E-state index in [0.29, 0.717) is 23.7 Å². The molecule has 130 valence electrons. The summed E-state index contributed by atoms with van der Waals surface area (Å²) in [5, 5.41) is 5.31. The summed E-state index contributed by atoms with van der Waals surface area (Å²) in [7, 11) is 0. The van der Waals surface area contributed by atoms with Crippen LogP contribution >= 0.6 is 11.3 Å². The Morgan fingerprint density at radius 2 is 1.91 bits per heavy atom. The number of anilines is 1. The van der Waals surface area contributed by atoms with Crippen LogP contribution in [0.25, 0.3) is 0 Å². The topological polar surface area (TPSA) is 58.6 Å². The molecule has 0 spiro atoms. The van der Waals surface area contributed by atoms with Crippen molar-refractivity contribution in [3.63, 3.8) is 0 Å². The second-order valence-electron chi connectivity index (χ2n) is 5.23. The van der Waals surface area contributed by atoms with Gasteiger partial charge in [0.05, 0.1) is 18.7 Å². The van der Waals surface area contributed by atoms with Crippen molar-refractivity contribution in [2.45, 2.75) is 47.0 Å². The van der Waals surface area contributed by atoms with Crippen LogP contribution in [0.5, 0.6) is 0 Å². The fraction of sp³-hybridized carbons (Fsp3) is 0.647. The van der Waals surface area contributed by atoms with Crippen LogP contribution in [0.2, 0.25) is 0 Å². The van der Waals surface area contributed by atoms with Crippen LogP contribution < -0.4 is 5.32 Å². The molecule has 0 bridgehead atoms. The molecule has 23 heavy (non-hydrogen) atoms. The Morgan fingerprint density at radius 1 is 1.26 bits per heavy atom. The molecule has 0 aliphatic carbocycles. The zero-order chi connectivity index (χ0) is 17.2. The van der Waals surface area contributed by atoms with Gasteiger partial charge in [-0.05, 0) is 50.7 Å². The molecule has 1 aromatic rings. The minimum absolute atomic E-state index is 0.0655. The fourth-order valence-corrected chi connectivity index (χ4v) is 3.43. The van der Waals surface area contributed by atoms with E-state index in [1.807, 2.05) is 26.2 Å². The van der Waals surface area contributed by atoms with Gasteiger partial charge in [0, 0.05) is 0 Å².